The van der Waals surface area contributed by atoms with E-state index in [0.29, 0.717) is 31.0 Å². The van der Waals surface area contributed by atoms with E-state index >= 15 is 0 Å². The fourth-order valence-electron chi connectivity index (χ4n) is 1.30. The molecule has 8 heteroatoms. The number of ether oxygens (including phenoxy) is 1. The number of hydrogen-bond acceptors (Lipinski definition) is 3. The Morgan fingerprint density at radius 3 is 2.68 bits per heavy atom. The highest BCUT2D eigenvalue weighted by Gasteiger charge is 2.19. The molecule has 0 fully saturated rings. The van der Waals surface area contributed by atoms with Crippen LogP contribution >= 0.6 is 15.9 Å². The molecule has 1 aromatic carbocycles. The fraction of sp³-hybridized carbons (Fsp3) is 0.455. The summed E-state index contributed by atoms with van der Waals surface area (Å²) < 4.78 is 57.0. The maximum Gasteiger partial charge on any atom is 0.243 e. The molecular weight excluding hydrogens is 344 g/mol. The number of rotatable bonds is 8. The average molecular weight is 358 g/mol. The molecule has 0 aliphatic carbocycles. The van der Waals surface area contributed by atoms with Crippen LogP contribution in [0.15, 0.2) is 23.1 Å². The average Bonchev–Trinajstić information content (AvgIpc) is 2.36. The molecular formula is C11H14BrF2NO3S. The zero-order valence-electron chi connectivity index (χ0n) is 10.0. The molecule has 0 aliphatic rings. The second-order valence-corrected chi connectivity index (χ2v) is 6.16. The highest BCUT2D eigenvalue weighted by molar-refractivity contribution is 9.09. The molecule has 19 heavy (non-hydrogen) atoms. The number of halogens is 3. The lowest BCUT2D eigenvalue weighted by atomic mass is 10.3. The lowest BCUT2D eigenvalue weighted by Gasteiger charge is -2.08. The quantitative estimate of drug-likeness (QED) is 0.572. The van der Waals surface area contributed by atoms with E-state index in [9.17, 15) is 17.2 Å². The molecule has 0 aliphatic heterocycles. The molecule has 4 nitrogen and oxygen atoms in total. The van der Waals surface area contributed by atoms with Gasteiger partial charge in [-0.1, -0.05) is 15.9 Å². The van der Waals surface area contributed by atoms with E-state index in [1.54, 1.807) is 0 Å². The van der Waals surface area contributed by atoms with Crippen molar-refractivity contribution in [2.75, 3.05) is 25.1 Å². The molecule has 0 unspecified atom stereocenters. The smallest absolute Gasteiger partial charge is 0.243 e. The third kappa shape index (κ3) is 5.52. The van der Waals surface area contributed by atoms with Gasteiger partial charge in [-0.25, -0.2) is 21.9 Å². The van der Waals surface area contributed by atoms with Crippen LogP contribution in [0.25, 0.3) is 0 Å². The van der Waals surface area contributed by atoms with Gasteiger partial charge in [0.2, 0.25) is 10.0 Å². The summed E-state index contributed by atoms with van der Waals surface area (Å²) in [6.45, 7) is 1.02. The van der Waals surface area contributed by atoms with Crippen LogP contribution in [0.4, 0.5) is 8.78 Å². The second-order valence-electron chi connectivity index (χ2n) is 3.63. The van der Waals surface area contributed by atoms with E-state index in [1.165, 1.54) is 0 Å². The van der Waals surface area contributed by atoms with Crippen molar-refractivity contribution in [3.05, 3.63) is 29.8 Å². The van der Waals surface area contributed by atoms with Gasteiger partial charge in [-0.2, -0.15) is 0 Å². The van der Waals surface area contributed by atoms with Crippen LogP contribution < -0.4 is 4.72 Å². The molecule has 0 radical (unpaired) electrons. The monoisotopic (exact) mass is 357 g/mol. The lowest BCUT2D eigenvalue weighted by Crippen LogP contribution is -2.26. The summed E-state index contributed by atoms with van der Waals surface area (Å²) in [6.07, 6.45) is 0.448. The van der Waals surface area contributed by atoms with Crippen molar-refractivity contribution in [1.82, 2.24) is 4.72 Å². The zero-order valence-corrected chi connectivity index (χ0v) is 12.4. The molecule has 0 amide bonds. The van der Waals surface area contributed by atoms with E-state index in [0.717, 1.165) is 12.1 Å². The number of nitrogens with one attached hydrogen (secondary N) is 1. The van der Waals surface area contributed by atoms with Crippen molar-refractivity contribution in [3.63, 3.8) is 0 Å². The van der Waals surface area contributed by atoms with Gasteiger partial charge in [0, 0.05) is 18.5 Å². The highest BCUT2D eigenvalue weighted by Crippen LogP contribution is 2.15. The predicted molar refractivity (Wildman–Crippen MR) is 70.8 cm³/mol. The van der Waals surface area contributed by atoms with Crippen molar-refractivity contribution in [2.24, 2.45) is 0 Å². The van der Waals surface area contributed by atoms with Gasteiger partial charge < -0.3 is 4.74 Å². The van der Waals surface area contributed by atoms with Gasteiger partial charge in [-0.05, 0) is 24.6 Å². The first-order valence-corrected chi connectivity index (χ1v) is 8.16. The first kappa shape index (κ1) is 16.5. The molecule has 108 valence electrons. The Hall–Kier alpha value is -0.570. The van der Waals surface area contributed by atoms with Gasteiger partial charge in [-0.3, -0.25) is 0 Å². The molecule has 0 bridgehead atoms. The number of sulfonamides is 1. The Morgan fingerprint density at radius 2 is 2.00 bits per heavy atom. The molecule has 0 saturated carbocycles. The molecule has 0 atom stereocenters. The zero-order chi connectivity index (χ0) is 14.3. The van der Waals surface area contributed by atoms with Gasteiger partial charge in [0.15, 0.2) is 0 Å². The van der Waals surface area contributed by atoms with Crippen LogP contribution in [0, 0.1) is 11.6 Å². The van der Waals surface area contributed by atoms with E-state index in [-0.39, 0.29) is 6.54 Å². The summed E-state index contributed by atoms with van der Waals surface area (Å²) in [5, 5.41) is 0.702. The number of benzene rings is 1. The van der Waals surface area contributed by atoms with Crippen LogP contribution in [0.5, 0.6) is 0 Å². The maximum absolute atomic E-state index is 13.3. The van der Waals surface area contributed by atoms with Gasteiger partial charge in [0.05, 0.1) is 6.61 Å². The molecule has 0 spiro atoms. The van der Waals surface area contributed by atoms with Crippen LogP contribution in [0.2, 0.25) is 0 Å². The summed E-state index contributed by atoms with van der Waals surface area (Å²) in [5.74, 6) is -1.79. The van der Waals surface area contributed by atoms with Gasteiger partial charge in [0.25, 0.3) is 0 Å². The molecule has 0 heterocycles. The lowest BCUT2D eigenvalue weighted by molar-refractivity contribution is 0.149. The van der Waals surface area contributed by atoms with E-state index in [2.05, 4.69) is 20.7 Å². The SMILES string of the molecule is O=S(=O)(NCCCOCCBr)c1cc(F)ccc1F. The van der Waals surface area contributed by atoms with Gasteiger partial charge in [-0.15, -0.1) is 0 Å². The molecule has 0 aromatic heterocycles. The van der Waals surface area contributed by atoms with E-state index < -0.39 is 26.6 Å². The molecule has 1 N–H and O–H groups in total. The minimum Gasteiger partial charge on any atom is -0.381 e. The summed E-state index contributed by atoms with van der Waals surface area (Å²) in [6, 6.07) is 2.30. The van der Waals surface area contributed by atoms with Crippen LogP contribution in [0.1, 0.15) is 6.42 Å². The Bertz CT molecular complexity index is 511. The Kier molecular flexibility index (Phi) is 6.84. The molecule has 1 aromatic rings. The summed E-state index contributed by atoms with van der Waals surface area (Å²) in [4.78, 5) is -0.686. The Morgan fingerprint density at radius 1 is 1.26 bits per heavy atom. The summed E-state index contributed by atoms with van der Waals surface area (Å²) in [7, 11) is -4.04. The maximum atomic E-state index is 13.3. The summed E-state index contributed by atoms with van der Waals surface area (Å²) in [5.41, 5.74) is 0. The molecule has 0 saturated heterocycles. The first-order valence-electron chi connectivity index (χ1n) is 5.56. The minimum atomic E-state index is -4.04. The number of hydrogen-bond donors (Lipinski definition) is 1. The Balaban J connectivity index is 2.54. The Labute approximate surface area is 119 Å². The van der Waals surface area contributed by atoms with Crippen LogP contribution in [-0.4, -0.2) is 33.5 Å². The summed E-state index contributed by atoms with van der Waals surface area (Å²) >= 11 is 3.18. The van der Waals surface area contributed by atoms with Crippen molar-refractivity contribution in [3.8, 4) is 0 Å². The second kappa shape index (κ2) is 7.88. The minimum absolute atomic E-state index is 0.0978. The number of alkyl halides is 1. The predicted octanol–water partition coefficient (Wildman–Crippen LogP) is 2.04. The highest BCUT2D eigenvalue weighted by atomic mass is 79.9. The van der Waals surface area contributed by atoms with Crippen LogP contribution in [-0.2, 0) is 14.8 Å². The van der Waals surface area contributed by atoms with Gasteiger partial charge >= 0.3 is 0 Å². The van der Waals surface area contributed by atoms with E-state index in [4.69, 9.17) is 4.74 Å². The topological polar surface area (TPSA) is 55.4 Å². The van der Waals surface area contributed by atoms with Crippen molar-refractivity contribution < 1.29 is 21.9 Å². The first-order chi connectivity index (χ1) is 8.97. The fourth-order valence-corrected chi connectivity index (χ4v) is 2.69. The van der Waals surface area contributed by atoms with Crippen LogP contribution in [0.3, 0.4) is 0 Å². The third-order valence-electron chi connectivity index (χ3n) is 2.16. The molecule has 1 rings (SSSR count). The standard InChI is InChI=1S/C11H14BrF2NO3S/c12-4-7-18-6-1-5-15-19(16,17)11-8-9(13)2-3-10(11)14/h2-3,8,15H,1,4-7H2. The van der Waals surface area contributed by atoms with Crippen molar-refractivity contribution in [1.29, 1.82) is 0 Å². The van der Waals surface area contributed by atoms with E-state index in [1.807, 2.05) is 0 Å². The normalized spacial score (nSPS) is 11.7. The van der Waals surface area contributed by atoms with Gasteiger partial charge in [0.1, 0.15) is 16.5 Å². The third-order valence-corrected chi connectivity index (χ3v) is 3.96. The largest absolute Gasteiger partial charge is 0.381 e. The van der Waals surface area contributed by atoms with Crippen molar-refractivity contribution >= 4 is 26.0 Å². The van der Waals surface area contributed by atoms with Crippen molar-refractivity contribution in [2.45, 2.75) is 11.3 Å².